The van der Waals surface area contributed by atoms with Gasteiger partial charge in [-0.1, -0.05) is 12.1 Å². The SMILES string of the molecule is CCN(C(=O)CCN(C(C)C)S(C)(=O)=O)c1cccc(C)c1. The zero-order chi connectivity index (χ0) is 16.9. The maximum absolute atomic E-state index is 12.4. The van der Waals surface area contributed by atoms with Gasteiger partial charge in [-0.2, -0.15) is 4.31 Å². The third-order valence-electron chi connectivity index (χ3n) is 3.48. The number of hydrogen-bond acceptors (Lipinski definition) is 3. The van der Waals surface area contributed by atoms with Gasteiger partial charge in [0.25, 0.3) is 0 Å². The molecule has 6 heteroatoms. The molecule has 1 amide bonds. The summed E-state index contributed by atoms with van der Waals surface area (Å²) in [6.07, 6.45) is 1.35. The topological polar surface area (TPSA) is 57.7 Å². The van der Waals surface area contributed by atoms with Crippen LogP contribution >= 0.6 is 0 Å². The van der Waals surface area contributed by atoms with Gasteiger partial charge in [0, 0.05) is 31.2 Å². The third-order valence-corrected chi connectivity index (χ3v) is 4.93. The Morgan fingerprint density at radius 2 is 1.91 bits per heavy atom. The quantitative estimate of drug-likeness (QED) is 0.773. The Labute approximate surface area is 134 Å². The molecule has 0 atom stereocenters. The first-order valence-corrected chi connectivity index (χ1v) is 9.35. The van der Waals surface area contributed by atoms with Crippen LogP contribution in [0.5, 0.6) is 0 Å². The Morgan fingerprint density at radius 3 is 2.36 bits per heavy atom. The van der Waals surface area contributed by atoms with Gasteiger partial charge in [-0.25, -0.2) is 8.42 Å². The second-order valence-electron chi connectivity index (χ2n) is 5.69. The summed E-state index contributed by atoms with van der Waals surface area (Å²) in [4.78, 5) is 14.1. The molecule has 22 heavy (non-hydrogen) atoms. The minimum Gasteiger partial charge on any atom is -0.313 e. The Hall–Kier alpha value is -1.40. The fraction of sp³-hybridized carbons (Fsp3) is 0.562. The molecule has 0 heterocycles. The third kappa shape index (κ3) is 5.10. The number of carbonyl (C=O) groups excluding carboxylic acids is 1. The van der Waals surface area contributed by atoms with Crippen molar-refractivity contribution in [3.63, 3.8) is 0 Å². The molecule has 0 unspecified atom stereocenters. The number of aryl methyl sites for hydroxylation is 1. The first-order valence-electron chi connectivity index (χ1n) is 7.50. The Morgan fingerprint density at radius 1 is 1.27 bits per heavy atom. The summed E-state index contributed by atoms with van der Waals surface area (Å²) in [5.41, 5.74) is 1.94. The monoisotopic (exact) mass is 326 g/mol. The predicted molar refractivity (Wildman–Crippen MR) is 90.5 cm³/mol. The van der Waals surface area contributed by atoms with Gasteiger partial charge in [0.15, 0.2) is 0 Å². The molecule has 0 aromatic heterocycles. The van der Waals surface area contributed by atoms with Crippen LogP contribution in [0, 0.1) is 6.92 Å². The molecule has 0 N–H and O–H groups in total. The van der Waals surface area contributed by atoms with Crippen molar-refractivity contribution < 1.29 is 13.2 Å². The molecule has 1 aromatic carbocycles. The van der Waals surface area contributed by atoms with Crippen molar-refractivity contribution in [3.8, 4) is 0 Å². The number of amides is 1. The molecule has 0 spiro atoms. The van der Waals surface area contributed by atoms with Gasteiger partial charge in [-0.15, -0.1) is 0 Å². The van der Waals surface area contributed by atoms with Crippen LogP contribution in [0.2, 0.25) is 0 Å². The number of carbonyl (C=O) groups is 1. The lowest BCUT2D eigenvalue weighted by Gasteiger charge is -2.26. The van der Waals surface area contributed by atoms with Gasteiger partial charge >= 0.3 is 0 Å². The van der Waals surface area contributed by atoms with E-state index in [1.165, 1.54) is 10.6 Å². The summed E-state index contributed by atoms with van der Waals surface area (Å²) in [5.74, 6) is -0.0672. The highest BCUT2D eigenvalue weighted by molar-refractivity contribution is 7.88. The summed E-state index contributed by atoms with van der Waals surface area (Å²) >= 11 is 0. The Balaban J connectivity index is 2.82. The molecule has 0 aliphatic carbocycles. The molecular formula is C16H26N2O3S. The highest BCUT2D eigenvalue weighted by atomic mass is 32.2. The van der Waals surface area contributed by atoms with Crippen LogP contribution in [0.3, 0.4) is 0 Å². The van der Waals surface area contributed by atoms with E-state index in [1.807, 2.05) is 52.0 Å². The van der Waals surface area contributed by atoms with Gasteiger partial charge in [0.2, 0.25) is 15.9 Å². The van der Waals surface area contributed by atoms with E-state index in [-0.39, 0.29) is 24.9 Å². The smallest absolute Gasteiger partial charge is 0.228 e. The van der Waals surface area contributed by atoms with Crippen LogP contribution in [0.4, 0.5) is 5.69 Å². The molecule has 0 aliphatic rings. The molecule has 0 saturated carbocycles. The van der Waals surface area contributed by atoms with Crippen LogP contribution in [0.25, 0.3) is 0 Å². The molecule has 0 radical (unpaired) electrons. The molecule has 0 fully saturated rings. The number of anilines is 1. The number of rotatable bonds is 7. The van der Waals surface area contributed by atoms with Crippen LogP contribution in [-0.2, 0) is 14.8 Å². The first kappa shape index (κ1) is 18.6. The normalized spacial score (nSPS) is 12.0. The Bertz CT molecular complexity index is 612. The van der Waals surface area contributed by atoms with E-state index >= 15 is 0 Å². The largest absolute Gasteiger partial charge is 0.313 e. The van der Waals surface area contributed by atoms with Crippen molar-refractivity contribution in [2.45, 2.75) is 40.2 Å². The highest BCUT2D eigenvalue weighted by Gasteiger charge is 2.22. The molecule has 1 rings (SSSR count). The van der Waals surface area contributed by atoms with Crippen LogP contribution in [-0.4, -0.2) is 44.0 Å². The molecule has 5 nitrogen and oxygen atoms in total. The second kappa shape index (κ2) is 7.74. The van der Waals surface area contributed by atoms with E-state index < -0.39 is 10.0 Å². The van der Waals surface area contributed by atoms with Gasteiger partial charge in [0.05, 0.1) is 6.26 Å². The zero-order valence-corrected chi connectivity index (χ0v) is 14.9. The van der Waals surface area contributed by atoms with E-state index in [1.54, 1.807) is 4.90 Å². The number of benzene rings is 1. The summed E-state index contributed by atoms with van der Waals surface area (Å²) in [6, 6.07) is 7.59. The summed E-state index contributed by atoms with van der Waals surface area (Å²) in [7, 11) is -3.30. The highest BCUT2D eigenvalue weighted by Crippen LogP contribution is 2.17. The van der Waals surface area contributed by atoms with E-state index in [9.17, 15) is 13.2 Å². The second-order valence-corrected chi connectivity index (χ2v) is 7.63. The van der Waals surface area contributed by atoms with Gasteiger partial charge in [0.1, 0.15) is 0 Å². The summed E-state index contributed by atoms with van der Waals surface area (Å²) < 4.78 is 24.8. The van der Waals surface area contributed by atoms with Crippen LogP contribution in [0.15, 0.2) is 24.3 Å². The minimum absolute atomic E-state index is 0.0672. The molecule has 0 saturated heterocycles. The Kier molecular flexibility index (Phi) is 6.56. The molecule has 0 bridgehead atoms. The van der Waals surface area contributed by atoms with E-state index in [0.29, 0.717) is 6.54 Å². The summed E-state index contributed by atoms with van der Waals surface area (Å²) in [6.45, 7) is 8.27. The van der Waals surface area contributed by atoms with Crippen LogP contribution in [0.1, 0.15) is 32.8 Å². The molecule has 0 aliphatic heterocycles. The van der Waals surface area contributed by atoms with Gasteiger partial charge < -0.3 is 4.90 Å². The van der Waals surface area contributed by atoms with Crippen molar-refractivity contribution in [2.75, 3.05) is 24.2 Å². The zero-order valence-electron chi connectivity index (χ0n) is 14.0. The standard InChI is InChI=1S/C16H26N2O3S/c1-6-17(15-9-7-8-14(4)12-15)16(19)10-11-18(13(2)3)22(5,20)21/h7-9,12-13H,6,10-11H2,1-5H3. The van der Waals surface area contributed by atoms with Crippen molar-refractivity contribution in [1.82, 2.24) is 4.31 Å². The average molecular weight is 326 g/mol. The van der Waals surface area contributed by atoms with Gasteiger partial charge in [-0.3, -0.25) is 4.79 Å². The van der Waals surface area contributed by atoms with Crippen molar-refractivity contribution in [1.29, 1.82) is 0 Å². The number of hydrogen-bond donors (Lipinski definition) is 0. The van der Waals surface area contributed by atoms with Crippen LogP contribution < -0.4 is 4.90 Å². The maximum Gasteiger partial charge on any atom is 0.228 e. The van der Waals surface area contributed by atoms with Crippen molar-refractivity contribution in [3.05, 3.63) is 29.8 Å². The molecule has 124 valence electrons. The molecule has 1 aromatic rings. The number of sulfonamides is 1. The lowest BCUT2D eigenvalue weighted by atomic mass is 10.2. The van der Waals surface area contributed by atoms with E-state index in [4.69, 9.17) is 0 Å². The van der Waals surface area contributed by atoms with Crippen molar-refractivity contribution in [2.24, 2.45) is 0 Å². The van der Waals surface area contributed by atoms with E-state index in [2.05, 4.69) is 0 Å². The maximum atomic E-state index is 12.4. The fourth-order valence-electron chi connectivity index (χ4n) is 2.45. The van der Waals surface area contributed by atoms with Crippen molar-refractivity contribution >= 4 is 21.6 Å². The molecular weight excluding hydrogens is 300 g/mol. The van der Waals surface area contributed by atoms with Gasteiger partial charge in [-0.05, 0) is 45.4 Å². The minimum atomic E-state index is -3.30. The van der Waals surface area contributed by atoms with E-state index in [0.717, 1.165) is 11.3 Å². The first-order chi connectivity index (χ1) is 10.2. The summed E-state index contributed by atoms with van der Waals surface area (Å²) in [5, 5.41) is 0. The lowest BCUT2D eigenvalue weighted by molar-refractivity contribution is -0.118. The lowest BCUT2D eigenvalue weighted by Crippen LogP contribution is -2.40. The predicted octanol–water partition coefficient (Wildman–Crippen LogP) is 2.41. The average Bonchev–Trinajstić information content (AvgIpc) is 2.37. The fourth-order valence-corrected chi connectivity index (χ4v) is 3.64. The number of nitrogens with zero attached hydrogens (tertiary/aromatic N) is 2.